The number of nitrogens with one attached hydrogen (secondary N) is 2. The third-order valence-corrected chi connectivity index (χ3v) is 4.68. The van der Waals surface area contributed by atoms with E-state index in [1.165, 1.54) is 11.8 Å². The Morgan fingerprint density at radius 3 is 2.58 bits per heavy atom. The molecule has 2 aromatic rings. The Bertz CT molecular complexity index is 732. The predicted molar refractivity (Wildman–Crippen MR) is 103 cm³/mol. The third kappa shape index (κ3) is 5.32. The standard InChI is InChI=1S/C18H25N5O2S/c1-4-11-19-17(25)13(3)20-15(24)12-26-18-22-21-16(23(18)5-2)14-9-7-6-8-10-14/h6-10,13H,4-5,11-12H2,1-3H3,(H,19,25)(H,20,24)/t13-/m1/s1. The van der Waals surface area contributed by atoms with Gasteiger partial charge in [0.2, 0.25) is 11.8 Å². The zero-order valence-corrected chi connectivity index (χ0v) is 16.2. The number of thioether (sulfide) groups is 1. The molecule has 26 heavy (non-hydrogen) atoms. The Morgan fingerprint density at radius 1 is 1.19 bits per heavy atom. The van der Waals surface area contributed by atoms with Crippen LogP contribution in [0.2, 0.25) is 0 Å². The van der Waals surface area contributed by atoms with E-state index in [4.69, 9.17) is 0 Å². The predicted octanol–water partition coefficient (Wildman–Crippen LogP) is 2.09. The van der Waals surface area contributed by atoms with Gasteiger partial charge in [0.1, 0.15) is 6.04 Å². The summed E-state index contributed by atoms with van der Waals surface area (Å²) in [5.41, 5.74) is 0.986. The maximum atomic E-state index is 12.1. The second-order valence-electron chi connectivity index (χ2n) is 5.79. The summed E-state index contributed by atoms with van der Waals surface area (Å²) in [6, 6.07) is 9.26. The summed E-state index contributed by atoms with van der Waals surface area (Å²) in [4.78, 5) is 23.9. The van der Waals surface area contributed by atoms with E-state index in [0.29, 0.717) is 18.2 Å². The minimum absolute atomic E-state index is 0.173. The van der Waals surface area contributed by atoms with Gasteiger partial charge in [0.15, 0.2) is 11.0 Å². The van der Waals surface area contributed by atoms with Gasteiger partial charge < -0.3 is 15.2 Å². The molecule has 2 amide bonds. The molecule has 0 unspecified atom stereocenters. The van der Waals surface area contributed by atoms with E-state index in [-0.39, 0.29) is 17.6 Å². The van der Waals surface area contributed by atoms with Gasteiger partial charge in [0.25, 0.3) is 0 Å². The summed E-state index contributed by atoms with van der Waals surface area (Å²) in [5, 5.41) is 14.6. The molecule has 1 aromatic heterocycles. The van der Waals surface area contributed by atoms with Crippen LogP contribution in [-0.2, 0) is 16.1 Å². The van der Waals surface area contributed by atoms with Crippen LogP contribution in [0.3, 0.4) is 0 Å². The van der Waals surface area contributed by atoms with Crippen LogP contribution in [0.25, 0.3) is 11.4 Å². The van der Waals surface area contributed by atoms with E-state index < -0.39 is 6.04 Å². The lowest BCUT2D eigenvalue weighted by Crippen LogP contribution is -2.45. The lowest BCUT2D eigenvalue weighted by molar-refractivity contribution is -0.127. The molecule has 2 rings (SSSR count). The number of carbonyl (C=O) groups excluding carboxylic acids is 2. The molecule has 0 saturated carbocycles. The van der Waals surface area contributed by atoms with Crippen molar-refractivity contribution < 1.29 is 9.59 Å². The van der Waals surface area contributed by atoms with Gasteiger partial charge >= 0.3 is 0 Å². The maximum Gasteiger partial charge on any atom is 0.242 e. The number of carbonyl (C=O) groups is 2. The van der Waals surface area contributed by atoms with Gasteiger partial charge in [-0.1, -0.05) is 49.0 Å². The Morgan fingerprint density at radius 2 is 1.92 bits per heavy atom. The summed E-state index contributed by atoms with van der Waals surface area (Å²) in [5.74, 6) is 0.580. The number of rotatable bonds is 9. The molecule has 0 aliphatic heterocycles. The van der Waals surface area contributed by atoms with Crippen LogP contribution in [0, 0.1) is 0 Å². The van der Waals surface area contributed by atoms with E-state index >= 15 is 0 Å². The summed E-state index contributed by atoms with van der Waals surface area (Å²) in [6.45, 7) is 6.98. The first-order valence-corrected chi connectivity index (χ1v) is 9.73. The second kappa shape index (κ2) is 9.96. The fourth-order valence-electron chi connectivity index (χ4n) is 2.36. The molecule has 0 aliphatic rings. The van der Waals surface area contributed by atoms with Crippen molar-refractivity contribution in [3.63, 3.8) is 0 Å². The van der Waals surface area contributed by atoms with Crippen LogP contribution < -0.4 is 10.6 Å². The van der Waals surface area contributed by atoms with Crippen LogP contribution >= 0.6 is 11.8 Å². The molecule has 8 heteroatoms. The Kier molecular flexibility index (Phi) is 7.65. The number of aromatic nitrogens is 3. The van der Waals surface area contributed by atoms with Crippen LogP contribution in [0.15, 0.2) is 35.5 Å². The van der Waals surface area contributed by atoms with Gasteiger partial charge in [0, 0.05) is 18.7 Å². The average Bonchev–Trinajstić information content (AvgIpc) is 3.07. The second-order valence-corrected chi connectivity index (χ2v) is 6.73. The molecular formula is C18H25N5O2S. The van der Waals surface area contributed by atoms with E-state index in [1.54, 1.807) is 6.92 Å². The average molecular weight is 375 g/mol. The number of benzene rings is 1. The first-order chi connectivity index (χ1) is 12.6. The fraction of sp³-hybridized carbons (Fsp3) is 0.444. The van der Waals surface area contributed by atoms with E-state index in [2.05, 4.69) is 20.8 Å². The molecule has 1 heterocycles. The topological polar surface area (TPSA) is 88.9 Å². The molecule has 0 saturated heterocycles. The zero-order chi connectivity index (χ0) is 18.9. The van der Waals surface area contributed by atoms with Gasteiger partial charge in [-0.3, -0.25) is 9.59 Å². The quantitative estimate of drug-likeness (QED) is 0.655. The fourth-order valence-corrected chi connectivity index (χ4v) is 3.17. The van der Waals surface area contributed by atoms with Gasteiger partial charge in [-0.2, -0.15) is 0 Å². The summed E-state index contributed by atoms with van der Waals surface area (Å²) < 4.78 is 1.98. The first kappa shape index (κ1) is 20.0. The molecule has 2 N–H and O–H groups in total. The van der Waals surface area contributed by atoms with Gasteiger partial charge in [-0.15, -0.1) is 10.2 Å². The number of hydrogen-bond acceptors (Lipinski definition) is 5. The minimum atomic E-state index is -0.557. The van der Waals surface area contributed by atoms with Crippen molar-refractivity contribution in [3.05, 3.63) is 30.3 Å². The van der Waals surface area contributed by atoms with Crippen molar-refractivity contribution in [2.24, 2.45) is 0 Å². The molecule has 140 valence electrons. The monoisotopic (exact) mass is 375 g/mol. The molecule has 0 bridgehead atoms. The largest absolute Gasteiger partial charge is 0.354 e. The molecule has 0 spiro atoms. The summed E-state index contributed by atoms with van der Waals surface area (Å²) >= 11 is 1.31. The van der Waals surface area contributed by atoms with Crippen molar-refractivity contribution in [2.75, 3.05) is 12.3 Å². The minimum Gasteiger partial charge on any atom is -0.354 e. The lowest BCUT2D eigenvalue weighted by Gasteiger charge is -2.13. The van der Waals surface area contributed by atoms with E-state index in [1.807, 2.05) is 48.7 Å². The Labute approximate surface area is 158 Å². The van der Waals surface area contributed by atoms with Crippen molar-refractivity contribution >= 4 is 23.6 Å². The smallest absolute Gasteiger partial charge is 0.242 e. The molecule has 0 aliphatic carbocycles. The molecule has 0 fully saturated rings. The molecule has 1 atom stereocenters. The van der Waals surface area contributed by atoms with Crippen LogP contribution in [0.1, 0.15) is 27.2 Å². The van der Waals surface area contributed by atoms with Gasteiger partial charge in [-0.05, 0) is 20.3 Å². The van der Waals surface area contributed by atoms with Crippen molar-refractivity contribution in [1.82, 2.24) is 25.4 Å². The third-order valence-electron chi connectivity index (χ3n) is 3.72. The number of nitrogens with zero attached hydrogens (tertiary/aromatic N) is 3. The van der Waals surface area contributed by atoms with E-state index in [9.17, 15) is 9.59 Å². The summed E-state index contributed by atoms with van der Waals surface area (Å²) in [6.07, 6.45) is 0.860. The van der Waals surface area contributed by atoms with Crippen molar-refractivity contribution in [2.45, 2.75) is 44.9 Å². The van der Waals surface area contributed by atoms with Gasteiger partial charge in [0.05, 0.1) is 5.75 Å². The highest BCUT2D eigenvalue weighted by atomic mass is 32.2. The molecule has 1 aromatic carbocycles. The van der Waals surface area contributed by atoms with Crippen LogP contribution in [0.4, 0.5) is 0 Å². The molecule has 7 nitrogen and oxygen atoms in total. The lowest BCUT2D eigenvalue weighted by atomic mass is 10.2. The van der Waals surface area contributed by atoms with Crippen LogP contribution in [-0.4, -0.2) is 44.9 Å². The Balaban J connectivity index is 1.94. The zero-order valence-electron chi connectivity index (χ0n) is 15.4. The normalized spacial score (nSPS) is 11.8. The highest BCUT2D eigenvalue weighted by Gasteiger charge is 2.17. The first-order valence-electron chi connectivity index (χ1n) is 8.75. The maximum absolute atomic E-state index is 12.1. The van der Waals surface area contributed by atoms with Gasteiger partial charge in [-0.25, -0.2) is 0 Å². The number of hydrogen-bond donors (Lipinski definition) is 2. The van der Waals surface area contributed by atoms with Crippen molar-refractivity contribution in [1.29, 1.82) is 0 Å². The SMILES string of the molecule is CCCNC(=O)[C@@H](C)NC(=O)CSc1nnc(-c2ccccc2)n1CC. The van der Waals surface area contributed by atoms with E-state index in [0.717, 1.165) is 17.8 Å². The molecule has 0 radical (unpaired) electrons. The highest BCUT2D eigenvalue weighted by molar-refractivity contribution is 7.99. The molecular weight excluding hydrogens is 350 g/mol. The van der Waals surface area contributed by atoms with Crippen molar-refractivity contribution in [3.8, 4) is 11.4 Å². The Hall–Kier alpha value is -2.35. The summed E-state index contributed by atoms with van der Waals surface area (Å²) in [7, 11) is 0. The highest BCUT2D eigenvalue weighted by Crippen LogP contribution is 2.23. The van der Waals surface area contributed by atoms with Crippen LogP contribution in [0.5, 0.6) is 0 Å². The number of amides is 2.